The van der Waals surface area contributed by atoms with Gasteiger partial charge in [-0.05, 0) is 29.5 Å². The van der Waals surface area contributed by atoms with Crippen LogP contribution in [0, 0.1) is 0 Å². The van der Waals surface area contributed by atoms with Gasteiger partial charge in [0.2, 0.25) is 0 Å². The molecule has 0 aromatic heterocycles. The minimum Gasteiger partial charge on any atom is -0.453 e. The summed E-state index contributed by atoms with van der Waals surface area (Å²) in [4.78, 5) is 10.6. The highest BCUT2D eigenvalue weighted by atomic mass is 127. The van der Waals surface area contributed by atoms with Crippen LogP contribution in [0.2, 0.25) is 0 Å². The largest absolute Gasteiger partial charge is 0.453 e. The minimum absolute atomic E-state index is 0.244. The van der Waals surface area contributed by atoms with Crippen LogP contribution in [0.5, 0.6) is 0 Å². The second kappa shape index (κ2) is 2.46. The first kappa shape index (κ1) is 7.34. The molecule has 1 unspecified atom stereocenters. The number of cyclic esters (lactones) is 1. The van der Waals surface area contributed by atoms with Gasteiger partial charge in [0.05, 0.1) is 5.03 Å². The molecule has 50 valence electrons. The zero-order chi connectivity index (χ0) is 7.02. The molecule has 0 amide bonds. The van der Waals surface area contributed by atoms with Crippen molar-refractivity contribution < 1.29 is 9.53 Å². The fraction of sp³-hybridized carbons (Fsp3) is 0.400. The molecule has 1 atom stereocenters. The molecule has 0 aromatic carbocycles. The number of hydrogen-bond acceptors (Lipinski definition) is 2. The van der Waals surface area contributed by atoms with Crippen LogP contribution in [0.15, 0.2) is 8.61 Å². The molecular weight excluding hydrogens is 254 g/mol. The molecule has 1 rings (SSSR count). The van der Waals surface area contributed by atoms with Crippen molar-refractivity contribution in [1.82, 2.24) is 0 Å². The molecule has 1 heterocycles. The van der Waals surface area contributed by atoms with E-state index in [2.05, 4.69) is 0 Å². The molecule has 0 aromatic rings. The summed E-state index contributed by atoms with van der Waals surface area (Å²) >= 11 is 7.51. The Kier molecular flexibility index (Phi) is 2.00. The normalized spacial score (nSPS) is 27.0. The molecular formula is C5H4ClIO2. The maximum atomic E-state index is 10.6. The van der Waals surface area contributed by atoms with Gasteiger partial charge in [-0.2, -0.15) is 0 Å². The zero-order valence-electron chi connectivity index (χ0n) is 4.65. The van der Waals surface area contributed by atoms with Crippen LogP contribution in [0.4, 0.5) is 0 Å². The maximum Gasteiger partial charge on any atom is 0.346 e. The van der Waals surface area contributed by atoms with Crippen LogP contribution >= 0.6 is 34.2 Å². The lowest BCUT2D eigenvalue weighted by atomic mass is 10.4. The van der Waals surface area contributed by atoms with Crippen molar-refractivity contribution in [3.8, 4) is 0 Å². The topological polar surface area (TPSA) is 26.3 Å². The number of hydrogen-bond donors (Lipinski definition) is 0. The number of esters is 1. The van der Waals surface area contributed by atoms with Crippen LogP contribution in [-0.2, 0) is 9.53 Å². The quantitative estimate of drug-likeness (QED) is 0.489. The molecule has 1 aliphatic rings. The van der Waals surface area contributed by atoms with E-state index < -0.39 is 0 Å². The molecule has 0 spiro atoms. The van der Waals surface area contributed by atoms with Gasteiger partial charge in [0.15, 0.2) is 0 Å². The van der Waals surface area contributed by atoms with E-state index in [1.54, 1.807) is 6.92 Å². The number of carbonyl (C=O) groups is 1. The average Bonchev–Trinajstić information content (AvgIpc) is 1.98. The maximum absolute atomic E-state index is 10.6. The third-order valence-corrected chi connectivity index (χ3v) is 2.87. The summed E-state index contributed by atoms with van der Waals surface area (Å²) in [6.45, 7) is 1.74. The SMILES string of the molecule is CC1OC(=O)C(I)=C1Cl. The average molecular weight is 258 g/mol. The monoisotopic (exact) mass is 258 g/mol. The first-order valence-corrected chi connectivity index (χ1v) is 3.84. The number of rotatable bonds is 0. The van der Waals surface area contributed by atoms with E-state index in [9.17, 15) is 4.79 Å². The van der Waals surface area contributed by atoms with Crippen LogP contribution in [0.25, 0.3) is 0 Å². The summed E-state index contributed by atoms with van der Waals surface area (Å²) in [7, 11) is 0. The van der Waals surface area contributed by atoms with Gasteiger partial charge in [0, 0.05) is 0 Å². The van der Waals surface area contributed by atoms with Gasteiger partial charge in [-0.1, -0.05) is 11.6 Å². The van der Waals surface area contributed by atoms with Crippen molar-refractivity contribution in [2.45, 2.75) is 13.0 Å². The predicted octanol–water partition coefficient (Wildman–Crippen LogP) is 1.82. The Hall–Kier alpha value is 0.230. The van der Waals surface area contributed by atoms with Gasteiger partial charge in [0.1, 0.15) is 9.68 Å². The fourth-order valence-corrected chi connectivity index (χ4v) is 1.23. The second-order valence-corrected chi connectivity index (χ2v) is 3.20. The first-order valence-electron chi connectivity index (χ1n) is 2.39. The Morgan fingerprint density at radius 1 is 1.78 bits per heavy atom. The highest BCUT2D eigenvalue weighted by Gasteiger charge is 2.27. The molecule has 4 heteroatoms. The van der Waals surface area contributed by atoms with Crippen molar-refractivity contribution in [1.29, 1.82) is 0 Å². The number of halogens is 2. The second-order valence-electron chi connectivity index (χ2n) is 1.71. The summed E-state index contributed by atoms with van der Waals surface area (Å²) in [6.07, 6.45) is -0.244. The zero-order valence-corrected chi connectivity index (χ0v) is 7.56. The number of carbonyl (C=O) groups excluding carboxylic acids is 1. The molecule has 1 aliphatic heterocycles. The molecule has 0 aliphatic carbocycles. The summed E-state index contributed by atoms with van der Waals surface area (Å²) in [5, 5.41) is 0.514. The molecule has 0 N–H and O–H groups in total. The molecule has 9 heavy (non-hydrogen) atoms. The standard InChI is InChI=1S/C5H4ClIO2/c1-2-3(6)4(7)5(8)9-2/h2H,1H3. The Balaban J connectivity index is 2.92. The summed E-state index contributed by atoms with van der Waals surface area (Å²) in [5.41, 5.74) is 0. The van der Waals surface area contributed by atoms with E-state index in [0.717, 1.165) is 0 Å². The lowest BCUT2D eigenvalue weighted by Gasteiger charge is -1.98. The van der Waals surface area contributed by atoms with Gasteiger partial charge in [-0.15, -0.1) is 0 Å². The summed E-state index contributed by atoms with van der Waals surface area (Å²) in [6, 6.07) is 0. The van der Waals surface area contributed by atoms with Gasteiger partial charge in [-0.25, -0.2) is 4.79 Å². The highest BCUT2D eigenvalue weighted by Crippen LogP contribution is 2.29. The van der Waals surface area contributed by atoms with Gasteiger partial charge in [0.25, 0.3) is 0 Å². The van der Waals surface area contributed by atoms with Crippen LogP contribution in [0.3, 0.4) is 0 Å². The Labute approximate surface area is 71.3 Å². The van der Waals surface area contributed by atoms with Gasteiger partial charge in [-0.3, -0.25) is 0 Å². The molecule has 0 radical (unpaired) electrons. The first-order chi connectivity index (χ1) is 4.13. The van der Waals surface area contributed by atoms with E-state index in [4.69, 9.17) is 16.3 Å². The lowest BCUT2D eigenvalue weighted by Crippen LogP contribution is -2.03. The van der Waals surface area contributed by atoms with Crippen molar-refractivity contribution >= 4 is 40.2 Å². The highest BCUT2D eigenvalue weighted by molar-refractivity contribution is 14.1. The van der Waals surface area contributed by atoms with Crippen LogP contribution in [0.1, 0.15) is 6.92 Å². The van der Waals surface area contributed by atoms with Gasteiger partial charge >= 0.3 is 5.97 Å². The van der Waals surface area contributed by atoms with E-state index in [0.29, 0.717) is 8.61 Å². The van der Waals surface area contributed by atoms with Gasteiger partial charge < -0.3 is 4.74 Å². The van der Waals surface area contributed by atoms with E-state index in [1.807, 2.05) is 22.6 Å². The van der Waals surface area contributed by atoms with E-state index in [-0.39, 0.29) is 12.1 Å². The van der Waals surface area contributed by atoms with Crippen LogP contribution in [-0.4, -0.2) is 12.1 Å². The Bertz CT molecular complexity index is 187. The molecule has 0 saturated heterocycles. The van der Waals surface area contributed by atoms with E-state index in [1.165, 1.54) is 0 Å². The van der Waals surface area contributed by atoms with E-state index >= 15 is 0 Å². The number of ether oxygens (including phenoxy) is 1. The molecule has 2 nitrogen and oxygen atoms in total. The van der Waals surface area contributed by atoms with Crippen molar-refractivity contribution in [3.05, 3.63) is 8.61 Å². The smallest absolute Gasteiger partial charge is 0.346 e. The van der Waals surface area contributed by atoms with Crippen molar-refractivity contribution in [2.24, 2.45) is 0 Å². The minimum atomic E-state index is -0.312. The third kappa shape index (κ3) is 1.21. The molecule has 0 fully saturated rings. The predicted molar refractivity (Wildman–Crippen MR) is 42.5 cm³/mol. The molecule has 0 bridgehead atoms. The third-order valence-electron chi connectivity index (χ3n) is 1.03. The lowest BCUT2D eigenvalue weighted by molar-refractivity contribution is -0.138. The van der Waals surface area contributed by atoms with Crippen molar-refractivity contribution in [2.75, 3.05) is 0 Å². The van der Waals surface area contributed by atoms with Crippen molar-refractivity contribution in [3.63, 3.8) is 0 Å². The summed E-state index contributed by atoms with van der Waals surface area (Å²) < 4.78 is 5.23. The molecule has 0 saturated carbocycles. The Morgan fingerprint density at radius 3 is 2.44 bits per heavy atom. The summed E-state index contributed by atoms with van der Waals surface area (Å²) in [5.74, 6) is -0.312. The van der Waals surface area contributed by atoms with Crippen LogP contribution < -0.4 is 0 Å². The Morgan fingerprint density at radius 2 is 2.33 bits per heavy atom. The fourth-order valence-electron chi connectivity index (χ4n) is 0.540.